The molecule has 4 heteroatoms. The number of hydrogen-bond acceptors (Lipinski definition) is 2. The molecule has 21 heavy (non-hydrogen) atoms. The van der Waals surface area contributed by atoms with E-state index in [2.05, 4.69) is 12.1 Å². The van der Waals surface area contributed by atoms with Gasteiger partial charge in [-0.3, -0.25) is 4.79 Å². The molecule has 1 aliphatic heterocycles. The molecular formula is C17H21NO3. The number of aliphatic carboxylic acids is 1. The largest absolute Gasteiger partial charge is 0.480 e. The van der Waals surface area contributed by atoms with Gasteiger partial charge in [-0.05, 0) is 49.1 Å². The lowest BCUT2D eigenvalue weighted by Crippen LogP contribution is -2.48. The Labute approximate surface area is 124 Å². The maximum absolute atomic E-state index is 12.5. The molecule has 1 fully saturated rings. The molecule has 3 rings (SSSR count). The number of piperidine rings is 1. The molecule has 2 aliphatic rings. The third-order valence-corrected chi connectivity index (χ3v) is 4.79. The van der Waals surface area contributed by atoms with Gasteiger partial charge in [0.25, 0.3) is 0 Å². The Morgan fingerprint density at radius 2 is 2.00 bits per heavy atom. The Morgan fingerprint density at radius 1 is 1.19 bits per heavy atom. The SMILES string of the molecule is O=C(O)C1CCCCN1C(=O)CC1CCc2ccccc21. The molecule has 0 radical (unpaired) electrons. The number of nitrogens with zero attached hydrogens (tertiary/aromatic N) is 1. The number of carboxylic acids is 1. The van der Waals surface area contributed by atoms with Crippen molar-refractivity contribution in [1.29, 1.82) is 0 Å². The second kappa shape index (κ2) is 5.88. The molecule has 1 aromatic carbocycles. The normalized spacial score (nSPS) is 24.7. The summed E-state index contributed by atoms with van der Waals surface area (Å²) in [5.74, 6) is -0.608. The molecule has 0 spiro atoms. The Kier molecular flexibility index (Phi) is 3.95. The van der Waals surface area contributed by atoms with Gasteiger partial charge in [0.2, 0.25) is 5.91 Å². The number of likely N-dealkylation sites (tertiary alicyclic amines) is 1. The van der Waals surface area contributed by atoms with Gasteiger partial charge in [0.05, 0.1) is 0 Å². The zero-order valence-electron chi connectivity index (χ0n) is 12.1. The number of amides is 1. The first-order chi connectivity index (χ1) is 10.2. The van der Waals surface area contributed by atoms with Crippen LogP contribution in [0.1, 0.15) is 49.1 Å². The minimum absolute atomic E-state index is 0.00352. The molecule has 1 amide bonds. The van der Waals surface area contributed by atoms with Gasteiger partial charge in [-0.25, -0.2) is 4.79 Å². The fourth-order valence-electron chi connectivity index (χ4n) is 3.67. The number of carbonyl (C=O) groups excluding carboxylic acids is 1. The summed E-state index contributed by atoms with van der Waals surface area (Å²) in [5.41, 5.74) is 2.61. The van der Waals surface area contributed by atoms with Crippen LogP contribution in [0.2, 0.25) is 0 Å². The maximum Gasteiger partial charge on any atom is 0.326 e. The second-order valence-electron chi connectivity index (χ2n) is 6.08. The molecule has 0 bridgehead atoms. The van der Waals surface area contributed by atoms with Crippen molar-refractivity contribution in [2.24, 2.45) is 0 Å². The van der Waals surface area contributed by atoms with E-state index in [9.17, 15) is 14.7 Å². The van der Waals surface area contributed by atoms with Crippen LogP contribution in [0.3, 0.4) is 0 Å². The van der Waals surface area contributed by atoms with Crippen molar-refractivity contribution in [3.05, 3.63) is 35.4 Å². The molecule has 112 valence electrons. The van der Waals surface area contributed by atoms with E-state index in [0.29, 0.717) is 19.4 Å². The Morgan fingerprint density at radius 3 is 2.81 bits per heavy atom. The highest BCUT2D eigenvalue weighted by Gasteiger charge is 2.34. The predicted octanol–water partition coefficient (Wildman–Crippen LogP) is 2.57. The quantitative estimate of drug-likeness (QED) is 0.929. The van der Waals surface area contributed by atoms with Crippen molar-refractivity contribution < 1.29 is 14.7 Å². The topological polar surface area (TPSA) is 57.6 Å². The number of carboxylic acid groups (broad SMARTS) is 1. The van der Waals surface area contributed by atoms with Gasteiger partial charge < -0.3 is 10.0 Å². The summed E-state index contributed by atoms with van der Waals surface area (Å²) in [6.07, 6.45) is 4.86. The van der Waals surface area contributed by atoms with E-state index in [1.165, 1.54) is 11.1 Å². The van der Waals surface area contributed by atoms with Gasteiger partial charge in [-0.1, -0.05) is 24.3 Å². The highest BCUT2D eigenvalue weighted by molar-refractivity contribution is 5.84. The number of hydrogen-bond donors (Lipinski definition) is 1. The monoisotopic (exact) mass is 287 g/mol. The van der Waals surface area contributed by atoms with Gasteiger partial charge in [0.1, 0.15) is 6.04 Å². The summed E-state index contributed by atoms with van der Waals surface area (Å²) in [6, 6.07) is 7.66. The van der Waals surface area contributed by atoms with Crippen LogP contribution in [0.25, 0.3) is 0 Å². The molecule has 2 atom stereocenters. The van der Waals surface area contributed by atoms with Gasteiger partial charge in [-0.15, -0.1) is 0 Å². The number of carbonyl (C=O) groups is 2. The zero-order chi connectivity index (χ0) is 14.8. The molecule has 4 nitrogen and oxygen atoms in total. The van der Waals surface area contributed by atoms with Crippen LogP contribution in [0.4, 0.5) is 0 Å². The third-order valence-electron chi connectivity index (χ3n) is 4.79. The summed E-state index contributed by atoms with van der Waals surface area (Å²) >= 11 is 0. The smallest absolute Gasteiger partial charge is 0.326 e. The molecule has 0 aromatic heterocycles. The van der Waals surface area contributed by atoms with Gasteiger partial charge in [0, 0.05) is 13.0 Å². The van der Waals surface area contributed by atoms with Crippen molar-refractivity contribution in [2.45, 2.75) is 50.5 Å². The van der Waals surface area contributed by atoms with Crippen LogP contribution in [-0.4, -0.2) is 34.5 Å². The molecule has 1 aliphatic carbocycles. The van der Waals surface area contributed by atoms with E-state index >= 15 is 0 Å². The van der Waals surface area contributed by atoms with Crippen LogP contribution in [0.15, 0.2) is 24.3 Å². The van der Waals surface area contributed by atoms with E-state index in [1.54, 1.807) is 4.90 Å². The van der Waals surface area contributed by atoms with E-state index < -0.39 is 12.0 Å². The third kappa shape index (κ3) is 2.80. The highest BCUT2D eigenvalue weighted by atomic mass is 16.4. The summed E-state index contributed by atoms with van der Waals surface area (Å²) in [4.78, 5) is 25.4. The van der Waals surface area contributed by atoms with E-state index in [1.807, 2.05) is 12.1 Å². The van der Waals surface area contributed by atoms with Crippen molar-refractivity contribution in [1.82, 2.24) is 4.90 Å². The van der Waals surface area contributed by atoms with Crippen LogP contribution in [-0.2, 0) is 16.0 Å². The van der Waals surface area contributed by atoms with Gasteiger partial charge in [-0.2, -0.15) is 0 Å². The lowest BCUT2D eigenvalue weighted by Gasteiger charge is -2.33. The molecular weight excluding hydrogens is 266 g/mol. The minimum atomic E-state index is -0.866. The van der Waals surface area contributed by atoms with Crippen LogP contribution in [0, 0.1) is 0 Å². The second-order valence-corrected chi connectivity index (χ2v) is 6.08. The Hall–Kier alpha value is -1.84. The zero-order valence-corrected chi connectivity index (χ0v) is 12.1. The average Bonchev–Trinajstić information content (AvgIpc) is 2.90. The van der Waals surface area contributed by atoms with Crippen molar-refractivity contribution in [3.63, 3.8) is 0 Å². The molecule has 1 N–H and O–H groups in total. The summed E-state index contributed by atoms with van der Waals surface area (Å²) in [5, 5.41) is 9.28. The lowest BCUT2D eigenvalue weighted by atomic mass is 9.95. The minimum Gasteiger partial charge on any atom is -0.480 e. The first-order valence-corrected chi connectivity index (χ1v) is 7.77. The first-order valence-electron chi connectivity index (χ1n) is 7.77. The predicted molar refractivity (Wildman–Crippen MR) is 79.1 cm³/mol. The fourth-order valence-corrected chi connectivity index (χ4v) is 3.67. The summed E-state index contributed by atoms with van der Waals surface area (Å²) in [7, 11) is 0. The molecule has 1 heterocycles. The van der Waals surface area contributed by atoms with E-state index in [0.717, 1.165) is 25.7 Å². The van der Waals surface area contributed by atoms with Crippen molar-refractivity contribution in [2.75, 3.05) is 6.54 Å². The molecule has 1 saturated heterocycles. The number of fused-ring (bicyclic) bond motifs is 1. The number of benzene rings is 1. The fraction of sp³-hybridized carbons (Fsp3) is 0.529. The van der Waals surface area contributed by atoms with Crippen LogP contribution >= 0.6 is 0 Å². The van der Waals surface area contributed by atoms with E-state index in [-0.39, 0.29) is 11.8 Å². The average molecular weight is 287 g/mol. The Bertz CT molecular complexity index is 555. The molecule has 0 saturated carbocycles. The lowest BCUT2D eigenvalue weighted by molar-refractivity contribution is -0.152. The van der Waals surface area contributed by atoms with Crippen LogP contribution < -0.4 is 0 Å². The van der Waals surface area contributed by atoms with Gasteiger partial charge in [0.15, 0.2) is 0 Å². The highest BCUT2D eigenvalue weighted by Crippen LogP contribution is 2.36. The van der Waals surface area contributed by atoms with Crippen LogP contribution in [0.5, 0.6) is 0 Å². The van der Waals surface area contributed by atoms with Crippen molar-refractivity contribution >= 4 is 11.9 Å². The molecule has 2 unspecified atom stereocenters. The number of rotatable bonds is 3. The summed E-state index contributed by atoms with van der Waals surface area (Å²) in [6.45, 7) is 0.587. The Balaban J connectivity index is 1.70. The summed E-state index contributed by atoms with van der Waals surface area (Å²) < 4.78 is 0. The standard InChI is InChI=1S/C17H21NO3/c19-16(18-10-4-3-7-15(18)17(20)21)11-13-9-8-12-5-1-2-6-14(12)13/h1-2,5-6,13,15H,3-4,7-11H2,(H,20,21). The number of aryl methyl sites for hydroxylation is 1. The molecule has 1 aromatic rings. The first kappa shape index (κ1) is 14.1. The van der Waals surface area contributed by atoms with E-state index in [4.69, 9.17) is 0 Å². The van der Waals surface area contributed by atoms with Gasteiger partial charge >= 0.3 is 5.97 Å². The maximum atomic E-state index is 12.5. The van der Waals surface area contributed by atoms with Crippen molar-refractivity contribution in [3.8, 4) is 0 Å².